The van der Waals surface area contributed by atoms with E-state index in [1.165, 1.54) is 31.2 Å². The van der Waals surface area contributed by atoms with E-state index in [0.29, 0.717) is 5.39 Å². The second-order valence-electron chi connectivity index (χ2n) is 5.50. The van der Waals surface area contributed by atoms with Crippen molar-refractivity contribution in [1.29, 1.82) is 0 Å². The number of alkyl halides is 3. The third-order valence-electron chi connectivity index (χ3n) is 3.50. The van der Waals surface area contributed by atoms with Gasteiger partial charge in [-0.1, -0.05) is 18.2 Å². The summed E-state index contributed by atoms with van der Waals surface area (Å²) >= 11 is 0. The molecule has 1 amide bonds. The van der Waals surface area contributed by atoms with Crippen molar-refractivity contribution >= 4 is 16.8 Å². The van der Waals surface area contributed by atoms with Crippen LogP contribution in [-0.2, 0) is 12.7 Å². The van der Waals surface area contributed by atoms with Gasteiger partial charge in [0.1, 0.15) is 28.5 Å². The van der Waals surface area contributed by atoms with Crippen molar-refractivity contribution in [1.82, 2.24) is 20.3 Å². The van der Waals surface area contributed by atoms with E-state index in [1.807, 2.05) is 0 Å². The number of carbonyl (C=O) groups is 1. The number of nitrogens with zero attached hydrogens (tertiary/aromatic N) is 3. The lowest BCUT2D eigenvalue weighted by atomic mass is 10.2. The molecule has 5 nitrogen and oxygen atoms in total. The Balaban J connectivity index is 1.79. The number of fused-ring (bicyclic) bond motifs is 1. The molecule has 0 saturated heterocycles. The van der Waals surface area contributed by atoms with Crippen LogP contribution in [0.1, 0.15) is 27.7 Å². The second-order valence-corrected chi connectivity index (χ2v) is 5.50. The first-order chi connectivity index (χ1) is 12.2. The number of rotatable bonds is 3. The van der Waals surface area contributed by atoms with Crippen molar-refractivity contribution in [2.24, 2.45) is 0 Å². The third-order valence-corrected chi connectivity index (χ3v) is 3.50. The van der Waals surface area contributed by atoms with E-state index >= 15 is 0 Å². The molecular formula is C17H12F4N4O. The van der Waals surface area contributed by atoms with Crippen LogP contribution < -0.4 is 5.32 Å². The lowest BCUT2D eigenvalue weighted by Crippen LogP contribution is -2.25. The molecule has 0 atom stereocenters. The quantitative estimate of drug-likeness (QED) is 0.723. The number of halogens is 4. The van der Waals surface area contributed by atoms with Crippen LogP contribution in [-0.4, -0.2) is 20.9 Å². The standard InChI is InChI=1S/C17H12F4N4O/c1-9-7-13(17(19,20)21)25-14(23-9)8-22-16(26)12-6-5-10-3-2-4-11(18)15(10)24-12/h2-7H,8H2,1H3,(H,22,26). The predicted molar refractivity (Wildman–Crippen MR) is 84.6 cm³/mol. The molecular weight excluding hydrogens is 352 g/mol. The average molecular weight is 364 g/mol. The topological polar surface area (TPSA) is 67.8 Å². The van der Waals surface area contributed by atoms with E-state index in [4.69, 9.17) is 0 Å². The number of aryl methyl sites for hydroxylation is 1. The van der Waals surface area contributed by atoms with Crippen LogP contribution in [0.3, 0.4) is 0 Å². The van der Waals surface area contributed by atoms with Crippen LogP contribution in [0.15, 0.2) is 36.4 Å². The molecule has 0 bridgehead atoms. The second kappa shape index (κ2) is 6.66. The van der Waals surface area contributed by atoms with Gasteiger partial charge in [-0.05, 0) is 25.1 Å². The summed E-state index contributed by atoms with van der Waals surface area (Å²) in [5.74, 6) is -1.43. The molecule has 0 aliphatic heterocycles. The first-order valence-corrected chi connectivity index (χ1v) is 7.49. The summed E-state index contributed by atoms with van der Waals surface area (Å²) in [6, 6.07) is 8.13. The molecule has 0 fully saturated rings. The van der Waals surface area contributed by atoms with Crippen LogP contribution in [0.5, 0.6) is 0 Å². The van der Waals surface area contributed by atoms with Crippen molar-refractivity contribution in [3.63, 3.8) is 0 Å². The van der Waals surface area contributed by atoms with Crippen molar-refractivity contribution < 1.29 is 22.4 Å². The number of aromatic nitrogens is 3. The molecule has 0 aliphatic carbocycles. The fourth-order valence-corrected chi connectivity index (χ4v) is 2.34. The summed E-state index contributed by atoms with van der Waals surface area (Å²) in [6.07, 6.45) is -4.61. The number of pyridine rings is 1. The Bertz CT molecular complexity index is 988. The van der Waals surface area contributed by atoms with Crippen LogP contribution >= 0.6 is 0 Å². The fraction of sp³-hybridized carbons (Fsp3) is 0.176. The Morgan fingerprint density at radius 3 is 2.62 bits per heavy atom. The number of nitrogens with one attached hydrogen (secondary N) is 1. The highest BCUT2D eigenvalue weighted by Crippen LogP contribution is 2.27. The molecule has 0 radical (unpaired) electrons. The zero-order chi connectivity index (χ0) is 18.9. The highest BCUT2D eigenvalue weighted by Gasteiger charge is 2.33. The summed E-state index contributed by atoms with van der Waals surface area (Å²) in [6.45, 7) is 1.08. The molecule has 26 heavy (non-hydrogen) atoms. The maximum Gasteiger partial charge on any atom is 0.433 e. The minimum atomic E-state index is -4.61. The smallest absolute Gasteiger partial charge is 0.343 e. The maximum absolute atomic E-state index is 13.8. The summed E-state index contributed by atoms with van der Waals surface area (Å²) < 4.78 is 52.1. The van der Waals surface area contributed by atoms with Crippen molar-refractivity contribution in [3.8, 4) is 0 Å². The normalized spacial score (nSPS) is 11.6. The van der Waals surface area contributed by atoms with Gasteiger partial charge in [0.2, 0.25) is 0 Å². The number of hydrogen-bond donors (Lipinski definition) is 1. The SMILES string of the molecule is Cc1cc(C(F)(F)F)nc(CNC(=O)c2ccc3cccc(F)c3n2)n1. The zero-order valence-corrected chi connectivity index (χ0v) is 13.4. The fourth-order valence-electron chi connectivity index (χ4n) is 2.34. The van der Waals surface area contributed by atoms with Crippen LogP contribution in [0.4, 0.5) is 17.6 Å². The van der Waals surface area contributed by atoms with Gasteiger partial charge in [0.25, 0.3) is 5.91 Å². The van der Waals surface area contributed by atoms with Crippen molar-refractivity contribution in [2.45, 2.75) is 19.6 Å². The molecule has 3 rings (SSSR count). The van der Waals surface area contributed by atoms with E-state index < -0.39 is 23.6 Å². The van der Waals surface area contributed by atoms with Gasteiger partial charge in [0, 0.05) is 11.1 Å². The minimum absolute atomic E-state index is 0.0336. The highest BCUT2D eigenvalue weighted by molar-refractivity contribution is 5.94. The highest BCUT2D eigenvalue weighted by atomic mass is 19.4. The van der Waals surface area contributed by atoms with E-state index in [0.717, 1.165) is 6.07 Å². The lowest BCUT2D eigenvalue weighted by molar-refractivity contribution is -0.141. The van der Waals surface area contributed by atoms with Gasteiger partial charge in [-0.15, -0.1) is 0 Å². The van der Waals surface area contributed by atoms with E-state index in [1.54, 1.807) is 6.07 Å². The number of benzene rings is 1. The molecule has 3 aromatic rings. The Morgan fingerprint density at radius 2 is 1.88 bits per heavy atom. The predicted octanol–water partition coefficient (Wildman–Crippen LogP) is 3.42. The molecule has 0 unspecified atom stereocenters. The molecule has 0 saturated carbocycles. The van der Waals surface area contributed by atoms with Crippen molar-refractivity contribution in [2.75, 3.05) is 0 Å². The van der Waals surface area contributed by atoms with Gasteiger partial charge in [0.15, 0.2) is 0 Å². The van der Waals surface area contributed by atoms with Crippen LogP contribution in [0.25, 0.3) is 10.9 Å². The van der Waals surface area contributed by atoms with Crippen LogP contribution in [0, 0.1) is 12.7 Å². The molecule has 2 heterocycles. The first-order valence-electron chi connectivity index (χ1n) is 7.49. The zero-order valence-electron chi connectivity index (χ0n) is 13.4. The Hall–Kier alpha value is -3.10. The molecule has 0 aliphatic rings. The van der Waals surface area contributed by atoms with Gasteiger partial charge in [-0.2, -0.15) is 13.2 Å². The Morgan fingerprint density at radius 1 is 1.12 bits per heavy atom. The Kier molecular flexibility index (Phi) is 4.54. The third kappa shape index (κ3) is 3.76. The monoisotopic (exact) mass is 364 g/mol. The molecule has 2 aromatic heterocycles. The van der Waals surface area contributed by atoms with Gasteiger partial charge < -0.3 is 5.32 Å². The number of para-hydroxylation sites is 1. The summed E-state index contributed by atoms with van der Waals surface area (Å²) in [5, 5.41) is 2.92. The number of amides is 1. The lowest BCUT2D eigenvalue weighted by Gasteiger charge is -2.09. The molecule has 1 N–H and O–H groups in total. The largest absolute Gasteiger partial charge is 0.433 e. The minimum Gasteiger partial charge on any atom is -0.343 e. The summed E-state index contributed by atoms with van der Waals surface area (Å²) in [7, 11) is 0. The summed E-state index contributed by atoms with van der Waals surface area (Å²) in [5.41, 5.74) is -0.986. The van der Waals surface area contributed by atoms with Crippen LogP contribution in [0.2, 0.25) is 0 Å². The number of carbonyl (C=O) groups excluding carboxylic acids is 1. The van der Waals surface area contributed by atoms with Gasteiger partial charge >= 0.3 is 6.18 Å². The maximum atomic E-state index is 13.8. The van der Waals surface area contributed by atoms with E-state index in [2.05, 4.69) is 20.3 Å². The van der Waals surface area contributed by atoms with Gasteiger partial charge in [0.05, 0.1) is 6.54 Å². The van der Waals surface area contributed by atoms with E-state index in [-0.39, 0.29) is 29.3 Å². The number of hydrogen-bond acceptors (Lipinski definition) is 4. The van der Waals surface area contributed by atoms with Crippen molar-refractivity contribution in [3.05, 3.63) is 65.1 Å². The van der Waals surface area contributed by atoms with Gasteiger partial charge in [-0.3, -0.25) is 4.79 Å². The first kappa shape index (κ1) is 17.7. The van der Waals surface area contributed by atoms with Gasteiger partial charge in [-0.25, -0.2) is 19.3 Å². The molecule has 1 aromatic carbocycles. The average Bonchev–Trinajstić information content (AvgIpc) is 2.58. The molecule has 9 heteroatoms. The molecule has 134 valence electrons. The summed E-state index contributed by atoms with van der Waals surface area (Å²) in [4.78, 5) is 23.4. The Labute approximate surface area is 145 Å². The molecule has 0 spiro atoms. The van der Waals surface area contributed by atoms with E-state index in [9.17, 15) is 22.4 Å².